The number of nitrogens with zero attached hydrogens (tertiary/aromatic N) is 4. The number of aryl methyl sites for hydroxylation is 1. The van der Waals surface area contributed by atoms with E-state index in [9.17, 15) is 0 Å². The fraction of sp³-hybridized carbons (Fsp3) is 0.812. The van der Waals surface area contributed by atoms with Crippen LogP contribution in [0.5, 0.6) is 0 Å². The van der Waals surface area contributed by atoms with Gasteiger partial charge in [-0.05, 0) is 33.1 Å². The topological polar surface area (TPSA) is 67.1 Å². The lowest BCUT2D eigenvalue weighted by Crippen LogP contribution is -2.42. The molecule has 1 atom stereocenters. The fourth-order valence-corrected chi connectivity index (χ4v) is 2.26. The van der Waals surface area contributed by atoms with Gasteiger partial charge in [0.25, 0.3) is 0 Å². The molecular weight excluding hydrogens is 403 g/mol. The zero-order valence-electron chi connectivity index (χ0n) is 14.8. The van der Waals surface area contributed by atoms with Crippen LogP contribution in [0, 0.1) is 0 Å². The molecule has 23 heavy (non-hydrogen) atoms. The van der Waals surface area contributed by atoms with Gasteiger partial charge in [0.2, 0.25) is 0 Å². The molecule has 0 spiro atoms. The maximum absolute atomic E-state index is 4.65. The number of nitrogens with one attached hydrogen (secondary N) is 2. The Morgan fingerprint density at radius 2 is 1.87 bits per heavy atom. The van der Waals surface area contributed by atoms with Crippen molar-refractivity contribution >= 4 is 29.9 Å². The molecule has 0 aliphatic carbocycles. The number of guanidine groups is 1. The maximum atomic E-state index is 4.65. The number of aromatic nitrogens is 3. The summed E-state index contributed by atoms with van der Waals surface area (Å²) < 4.78 is 2.00. The highest BCUT2D eigenvalue weighted by molar-refractivity contribution is 14.0. The van der Waals surface area contributed by atoms with Crippen LogP contribution in [0.2, 0.25) is 0 Å². The van der Waals surface area contributed by atoms with Gasteiger partial charge in [0, 0.05) is 25.7 Å². The standard InChI is InChI=1S/C16H32N6.HI/c1-4-6-7-10-15(3)21-16(17-5-2)18-11-8-9-12-22-13-19-20-14-22;/h13-15H,4-12H2,1-3H3,(H2,17,18,21);1H. The molecule has 1 aromatic rings. The first kappa shape index (κ1) is 22.1. The molecule has 1 aromatic heterocycles. The first-order valence-corrected chi connectivity index (χ1v) is 8.63. The van der Waals surface area contributed by atoms with Crippen molar-refractivity contribution in [3.8, 4) is 0 Å². The second kappa shape index (κ2) is 14.7. The van der Waals surface area contributed by atoms with Gasteiger partial charge in [0.15, 0.2) is 5.96 Å². The van der Waals surface area contributed by atoms with Gasteiger partial charge in [-0.25, -0.2) is 0 Å². The predicted octanol–water partition coefficient (Wildman–Crippen LogP) is 3.20. The van der Waals surface area contributed by atoms with Crippen molar-refractivity contribution in [2.75, 3.05) is 13.1 Å². The zero-order chi connectivity index (χ0) is 16.0. The van der Waals surface area contributed by atoms with Crippen molar-refractivity contribution in [2.24, 2.45) is 4.99 Å². The number of unbranched alkanes of at least 4 members (excludes halogenated alkanes) is 3. The minimum atomic E-state index is 0. The monoisotopic (exact) mass is 436 g/mol. The van der Waals surface area contributed by atoms with Crippen LogP contribution in [0.4, 0.5) is 0 Å². The van der Waals surface area contributed by atoms with E-state index in [0.717, 1.165) is 38.4 Å². The normalized spacial score (nSPS) is 12.6. The Balaban J connectivity index is 0.00000484. The summed E-state index contributed by atoms with van der Waals surface area (Å²) in [6.07, 6.45) is 10.7. The smallest absolute Gasteiger partial charge is 0.191 e. The molecule has 0 saturated heterocycles. The van der Waals surface area contributed by atoms with E-state index in [1.54, 1.807) is 12.7 Å². The molecule has 1 unspecified atom stereocenters. The van der Waals surface area contributed by atoms with E-state index in [1.807, 2.05) is 4.57 Å². The van der Waals surface area contributed by atoms with Gasteiger partial charge < -0.3 is 15.2 Å². The van der Waals surface area contributed by atoms with Crippen LogP contribution in [0.1, 0.15) is 59.3 Å². The fourth-order valence-electron chi connectivity index (χ4n) is 2.26. The Labute approximate surface area is 158 Å². The molecule has 7 heteroatoms. The third-order valence-corrected chi connectivity index (χ3v) is 3.53. The van der Waals surface area contributed by atoms with Crippen LogP contribution in [-0.2, 0) is 6.54 Å². The van der Waals surface area contributed by atoms with E-state index in [0.29, 0.717) is 6.04 Å². The van der Waals surface area contributed by atoms with Crippen LogP contribution in [0.3, 0.4) is 0 Å². The van der Waals surface area contributed by atoms with Crippen molar-refractivity contribution in [1.82, 2.24) is 25.4 Å². The van der Waals surface area contributed by atoms with E-state index < -0.39 is 0 Å². The number of aliphatic imine (C=N–C) groups is 1. The molecule has 0 aliphatic rings. The Bertz CT molecular complexity index is 393. The highest BCUT2D eigenvalue weighted by Crippen LogP contribution is 2.02. The molecule has 0 fully saturated rings. The van der Waals surface area contributed by atoms with Gasteiger partial charge in [0.05, 0.1) is 0 Å². The lowest BCUT2D eigenvalue weighted by atomic mass is 10.1. The van der Waals surface area contributed by atoms with Crippen LogP contribution in [-0.4, -0.2) is 39.9 Å². The van der Waals surface area contributed by atoms with Crippen molar-refractivity contribution in [1.29, 1.82) is 0 Å². The quantitative estimate of drug-likeness (QED) is 0.242. The number of rotatable bonds is 11. The number of hydrogen-bond donors (Lipinski definition) is 2. The highest BCUT2D eigenvalue weighted by Gasteiger charge is 2.04. The summed E-state index contributed by atoms with van der Waals surface area (Å²) in [7, 11) is 0. The average molecular weight is 436 g/mol. The lowest BCUT2D eigenvalue weighted by Gasteiger charge is -2.17. The molecule has 0 radical (unpaired) electrons. The summed E-state index contributed by atoms with van der Waals surface area (Å²) in [6.45, 7) is 9.27. The van der Waals surface area contributed by atoms with Crippen molar-refractivity contribution in [3.05, 3.63) is 12.7 Å². The molecule has 6 nitrogen and oxygen atoms in total. The Morgan fingerprint density at radius 3 is 2.52 bits per heavy atom. The van der Waals surface area contributed by atoms with Crippen molar-refractivity contribution in [2.45, 2.75) is 71.9 Å². The summed E-state index contributed by atoms with van der Waals surface area (Å²) in [4.78, 5) is 4.65. The van der Waals surface area contributed by atoms with Gasteiger partial charge in [-0.15, -0.1) is 34.2 Å². The molecule has 1 rings (SSSR count). The molecule has 0 bridgehead atoms. The molecular formula is C16H33IN6. The SMILES string of the molecule is CCCCCC(C)NC(=NCCCCn1cnnc1)NCC.I. The molecule has 0 aliphatic heterocycles. The van der Waals surface area contributed by atoms with E-state index in [-0.39, 0.29) is 24.0 Å². The van der Waals surface area contributed by atoms with Gasteiger partial charge in [-0.1, -0.05) is 26.2 Å². The zero-order valence-corrected chi connectivity index (χ0v) is 17.1. The Hall–Kier alpha value is -0.860. The molecule has 0 saturated carbocycles. The lowest BCUT2D eigenvalue weighted by molar-refractivity contribution is 0.545. The first-order valence-electron chi connectivity index (χ1n) is 8.63. The molecule has 0 amide bonds. The Kier molecular flexibility index (Phi) is 14.2. The second-order valence-corrected chi connectivity index (χ2v) is 5.71. The van der Waals surface area contributed by atoms with E-state index in [4.69, 9.17) is 0 Å². The molecule has 1 heterocycles. The van der Waals surface area contributed by atoms with E-state index in [2.05, 4.69) is 46.6 Å². The molecule has 0 aromatic carbocycles. The summed E-state index contributed by atoms with van der Waals surface area (Å²) in [5.74, 6) is 0.941. The third-order valence-electron chi connectivity index (χ3n) is 3.53. The van der Waals surface area contributed by atoms with Crippen LogP contribution in [0.15, 0.2) is 17.6 Å². The summed E-state index contributed by atoms with van der Waals surface area (Å²) in [6, 6.07) is 0.473. The van der Waals surface area contributed by atoms with E-state index in [1.165, 1.54) is 25.7 Å². The van der Waals surface area contributed by atoms with Gasteiger partial charge in [-0.2, -0.15) is 0 Å². The van der Waals surface area contributed by atoms with Crippen LogP contribution < -0.4 is 10.6 Å². The largest absolute Gasteiger partial charge is 0.357 e. The van der Waals surface area contributed by atoms with Crippen molar-refractivity contribution in [3.63, 3.8) is 0 Å². The summed E-state index contributed by atoms with van der Waals surface area (Å²) in [5.41, 5.74) is 0. The van der Waals surface area contributed by atoms with E-state index >= 15 is 0 Å². The Morgan fingerprint density at radius 1 is 1.13 bits per heavy atom. The average Bonchev–Trinajstić information content (AvgIpc) is 3.00. The minimum Gasteiger partial charge on any atom is -0.357 e. The minimum absolute atomic E-state index is 0. The van der Waals surface area contributed by atoms with Crippen LogP contribution >= 0.6 is 24.0 Å². The number of halogens is 1. The summed E-state index contributed by atoms with van der Waals surface area (Å²) >= 11 is 0. The van der Waals surface area contributed by atoms with Crippen LogP contribution in [0.25, 0.3) is 0 Å². The molecule has 134 valence electrons. The maximum Gasteiger partial charge on any atom is 0.191 e. The van der Waals surface area contributed by atoms with Gasteiger partial charge >= 0.3 is 0 Å². The predicted molar refractivity (Wildman–Crippen MR) is 107 cm³/mol. The molecule has 2 N–H and O–H groups in total. The second-order valence-electron chi connectivity index (χ2n) is 5.71. The van der Waals surface area contributed by atoms with Gasteiger partial charge in [-0.3, -0.25) is 4.99 Å². The third kappa shape index (κ3) is 11.3. The number of hydrogen-bond acceptors (Lipinski definition) is 3. The first-order chi connectivity index (χ1) is 10.8. The van der Waals surface area contributed by atoms with Crippen molar-refractivity contribution < 1.29 is 0 Å². The highest BCUT2D eigenvalue weighted by atomic mass is 127. The van der Waals surface area contributed by atoms with Gasteiger partial charge in [0.1, 0.15) is 12.7 Å². The summed E-state index contributed by atoms with van der Waals surface area (Å²) in [5, 5.41) is 14.4.